The molecule has 1 aromatic heterocycles. The molecule has 2 aromatic carbocycles. The van der Waals surface area contributed by atoms with Crippen molar-refractivity contribution in [3.63, 3.8) is 0 Å². The Balaban J connectivity index is 1.59. The zero-order chi connectivity index (χ0) is 31.1. The summed E-state index contributed by atoms with van der Waals surface area (Å²) in [5.74, 6) is -1.04. The second kappa shape index (κ2) is 13.8. The van der Waals surface area contributed by atoms with E-state index in [1.54, 1.807) is 24.3 Å². The molecule has 1 aliphatic heterocycles. The summed E-state index contributed by atoms with van der Waals surface area (Å²) < 4.78 is 52.8. The Labute approximate surface area is 248 Å². The van der Waals surface area contributed by atoms with Crippen LogP contribution in [-0.2, 0) is 12.7 Å². The topological polar surface area (TPSA) is 109 Å². The van der Waals surface area contributed by atoms with E-state index in [-0.39, 0.29) is 35.0 Å². The van der Waals surface area contributed by atoms with Crippen molar-refractivity contribution < 1.29 is 32.2 Å². The number of hydrogen-bond donors (Lipinski definition) is 2. The summed E-state index contributed by atoms with van der Waals surface area (Å²) in [7, 11) is 5.30. The molecule has 13 heteroatoms. The number of piperidine rings is 1. The van der Waals surface area contributed by atoms with Crippen molar-refractivity contribution in [1.29, 1.82) is 0 Å². The fraction of sp³-hybridized carbons (Fsp3) is 0.400. The fourth-order valence-corrected chi connectivity index (χ4v) is 4.63. The van der Waals surface area contributed by atoms with Crippen LogP contribution in [0.5, 0.6) is 17.4 Å². The molecular formula is C30H35F3N6O4. The molecule has 0 spiro atoms. The minimum atomic E-state index is -4.82. The van der Waals surface area contributed by atoms with Crippen LogP contribution in [0.2, 0.25) is 0 Å². The maximum atomic E-state index is 13.9. The highest BCUT2D eigenvalue weighted by atomic mass is 19.4. The van der Waals surface area contributed by atoms with Crippen LogP contribution in [0.1, 0.15) is 51.6 Å². The lowest BCUT2D eigenvalue weighted by Crippen LogP contribution is -2.43. The number of nitrogens with zero attached hydrogens (tertiary/aromatic N) is 4. The molecule has 0 saturated carbocycles. The lowest BCUT2D eigenvalue weighted by atomic mass is 10.0. The molecule has 4 rings (SSSR count). The largest absolute Gasteiger partial charge is 0.495 e. The summed E-state index contributed by atoms with van der Waals surface area (Å²) in [6.45, 7) is 4.84. The van der Waals surface area contributed by atoms with Gasteiger partial charge in [0.05, 0.1) is 18.4 Å². The molecule has 43 heavy (non-hydrogen) atoms. The van der Waals surface area contributed by atoms with Crippen molar-refractivity contribution in [1.82, 2.24) is 25.1 Å². The van der Waals surface area contributed by atoms with E-state index in [1.807, 2.05) is 25.9 Å². The Kier molecular flexibility index (Phi) is 10.2. The fourth-order valence-electron chi connectivity index (χ4n) is 4.63. The second-order valence-electron chi connectivity index (χ2n) is 10.4. The van der Waals surface area contributed by atoms with Gasteiger partial charge in [-0.25, -0.2) is 4.98 Å². The molecule has 10 nitrogen and oxygen atoms in total. The van der Waals surface area contributed by atoms with Crippen LogP contribution in [0.4, 0.5) is 24.8 Å². The highest BCUT2D eigenvalue weighted by molar-refractivity contribution is 5.95. The van der Waals surface area contributed by atoms with Gasteiger partial charge in [0.15, 0.2) is 6.29 Å². The number of benzene rings is 2. The average Bonchev–Trinajstić information content (AvgIpc) is 2.98. The number of anilines is 2. The lowest BCUT2D eigenvalue weighted by Gasteiger charge is -2.29. The van der Waals surface area contributed by atoms with Gasteiger partial charge in [0, 0.05) is 24.3 Å². The first-order valence-corrected chi connectivity index (χ1v) is 13.8. The maximum absolute atomic E-state index is 13.9. The normalized spacial score (nSPS) is 14.4. The van der Waals surface area contributed by atoms with Crippen LogP contribution in [0.25, 0.3) is 0 Å². The van der Waals surface area contributed by atoms with Crippen molar-refractivity contribution in [3.05, 3.63) is 64.8 Å². The third-order valence-electron chi connectivity index (χ3n) is 7.28. The van der Waals surface area contributed by atoms with Crippen molar-refractivity contribution in [2.45, 2.75) is 38.5 Å². The van der Waals surface area contributed by atoms with Gasteiger partial charge in [-0.05, 0) is 76.4 Å². The number of amides is 1. The number of aromatic nitrogens is 2. The van der Waals surface area contributed by atoms with E-state index in [2.05, 4.69) is 25.5 Å². The summed E-state index contributed by atoms with van der Waals surface area (Å²) in [6, 6.07) is 9.46. The van der Waals surface area contributed by atoms with Crippen molar-refractivity contribution in [3.8, 4) is 17.4 Å². The minimum Gasteiger partial charge on any atom is -0.495 e. The predicted octanol–water partition coefficient (Wildman–Crippen LogP) is 5.13. The Hall–Kier alpha value is -4.23. The van der Waals surface area contributed by atoms with Crippen LogP contribution >= 0.6 is 0 Å². The van der Waals surface area contributed by atoms with Crippen LogP contribution in [0.3, 0.4) is 0 Å². The van der Waals surface area contributed by atoms with Crippen LogP contribution in [-0.4, -0.2) is 78.8 Å². The third-order valence-corrected chi connectivity index (χ3v) is 7.28. The molecule has 1 fully saturated rings. The highest BCUT2D eigenvalue weighted by Crippen LogP contribution is 2.39. The van der Waals surface area contributed by atoms with Gasteiger partial charge in [-0.15, -0.1) is 0 Å². The Morgan fingerprint density at radius 2 is 1.93 bits per heavy atom. The number of ether oxygens (including phenoxy) is 2. The van der Waals surface area contributed by atoms with E-state index in [0.717, 1.165) is 25.9 Å². The third kappa shape index (κ3) is 7.99. The zero-order valence-electron chi connectivity index (χ0n) is 24.5. The van der Waals surface area contributed by atoms with E-state index in [1.165, 1.54) is 19.2 Å². The van der Waals surface area contributed by atoms with E-state index < -0.39 is 17.6 Å². The smallest absolute Gasteiger partial charge is 0.423 e. The van der Waals surface area contributed by atoms with Gasteiger partial charge in [0.25, 0.3) is 5.91 Å². The number of carbonyl (C=O) groups is 2. The monoisotopic (exact) mass is 600 g/mol. The minimum absolute atomic E-state index is 0.0651. The number of nitrogens with one attached hydrogen (secondary N) is 2. The summed E-state index contributed by atoms with van der Waals surface area (Å²) in [6.07, 6.45) is -1.96. The van der Waals surface area contributed by atoms with E-state index in [0.29, 0.717) is 42.4 Å². The van der Waals surface area contributed by atoms with Crippen molar-refractivity contribution in [2.75, 3.05) is 46.2 Å². The molecule has 0 aliphatic carbocycles. The van der Waals surface area contributed by atoms with Gasteiger partial charge in [-0.1, -0.05) is 19.1 Å². The number of likely N-dealkylation sites (tertiary alicyclic amines) is 1. The first kappa shape index (κ1) is 31.7. The Morgan fingerprint density at radius 1 is 1.19 bits per heavy atom. The number of halogens is 3. The molecule has 3 aromatic rings. The van der Waals surface area contributed by atoms with Crippen LogP contribution < -0.4 is 20.1 Å². The average molecular weight is 601 g/mol. The number of aldehydes is 1. The molecule has 0 unspecified atom stereocenters. The molecule has 1 saturated heterocycles. The zero-order valence-corrected chi connectivity index (χ0v) is 24.5. The Morgan fingerprint density at radius 3 is 2.58 bits per heavy atom. The summed E-state index contributed by atoms with van der Waals surface area (Å²) >= 11 is 0. The number of alkyl halides is 3. The van der Waals surface area contributed by atoms with Gasteiger partial charge in [-0.3, -0.25) is 9.59 Å². The molecular weight excluding hydrogens is 565 g/mol. The molecule has 1 aliphatic rings. The van der Waals surface area contributed by atoms with E-state index >= 15 is 0 Å². The number of hydrogen-bond acceptors (Lipinski definition) is 9. The molecule has 2 N–H and O–H groups in total. The first-order valence-electron chi connectivity index (χ1n) is 13.8. The van der Waals surface area contributed by atoms with E-state index in [4.69, 9.17) is 9.47 Å². The molecule has 0 radical (unpaired) electrons. The van der Waals surface area contributed by atoms with Crippen LogP contribution in [0.15, 0.2) is 42.6 Å². The summed E-state index contributed by atoms with van der Waals surface area (Å²) in [5.41, 5.74) is 0.206. The number of carbonyl (C=O) groups excluding carboxylic acids is 2. The first-order chi connectivity index (χ1) is 20.5. The lowest BCUT2D eigenvalue weighted by molar-refractivity contribution is -0.139. The maximum Gasteiger partial charge on any atom is 0.423 e. The number of rotatable bonds is 11. The van der Waals surface area contributed by atoms with Gasteiger partial charge in [0.2, 0.25) is 11.8 Å². The van der Waals surface area contributed by atoms with Crippen LogP contribution in [0, 0.1) is 0 Å². The number of methoxy groups -OCH3 is 1. The highest BCUT2D eigenvalue weighted by Gasteiger charge is 2.37. The van der Waals surface area contributed by atoms with Crippen molar-refractivity contribution in [2.24, 2.45) is 0 Å². The molecule has 230 valence electrons. The van der Waals surface area contributed by atoms with Gasteiger partial charge in [0.1, 0.15) is 17.1 Å². The summed E-state index contributed by atoms with van der Waals surface area (Å²) in [4.78, 5) is 36.8. The second-order valence-corrected chi connectivity index (χ2v) is 10.4. The van der Waals surface area contributed by atoms with Gasteiger partial charge >= 0.3 is 6.18 Å². The molecule has 2 heterocycles. The SMILES string of the molecule is CCN(C)Cc1cccc(Oc2nc(Nc3ccc(C(=O)NC4CCN(C)CC4)cc3OC)ncc2C(F)(F)F)c1C=O. The quantitative estimate of drug-likeness (QED) is 0.290. The van der Waals surface area contributed by atoms with Gasteiger partial charge in [-0.2, -0.15) is 18.2 Å². The van der Waals surface area contributed by atoms with Crippen molar-refractivity contribution >= 4 is 23.8 Å². The summed E-state index contributed by atoms with van der Waals surface area (Å²) in [5, 5.41) is 5.88. The standard InChI is InChI=1S/C30H35F3N6O4/c1-5-38(2)17-20-7-6-8-25(22(20)18-40)43-28-23(30(31,32)33)16-34-29(37-28)36-24-10-9-19(15-26(24)42-4)27(41)35-21-11-13-39(3)14-12-21/h6-10,15-16,18,21H,5,11-14,17H2,1-4H3,(H,35,41)(H,34,36,37). The molecule has 0 bridgehead atoms. The Bertz CT molecular complexity index is 1440. The van der Waals surface area contributed by atoms with Gasteiger partial charge < -0.3 is 29.9 Å². The predicted molar refractivity (Wildman–Crippen MR) is 155 cm³/mol. The van der Waals surface area contributed by atoms with E-state index in [9.17, 15) is 22.8 Å². The molecule has 0 atom stereocenters. The molecule has 1 amide bonds.